The molecule has 1 aliphatic carbocycles. The quantitative estimate of drug-likeness (QED) is 0.524. The summed E-state index contributed by atoms with van der Waals surface area (Å²) in [5, 5.41) is 0. The minimum atomic E-state index is -0.233. The SMILES string of the molecule is C=C(C)C(=O)OC1(CC)CCCC1.CC. The molecule has 0 aromatic heterocycles. The minimum absolute atomic E-state index is 0.171. The zero-order valence-corrected chi connectivity index (χ0v) is 10.6. The molecule has 0 aromatic carbocycles. The van der Waals surface area contributed by atoms with Crippen LogP contribution in [0, 0.1) is 0 Å². The normalized spacial score (nSPS) is 17.6. The van der Waals surface area contributed by atoms with Crippen LogP contribution in [0.1, 0.15) is 59.8 Å². The molecule has 0 N–H and O–H groups in total. The second-order valence-corrected chi connectivity index (χ2v) is 3.91. The van der Waals surface area contributed by atoms with E-state index in [9.17, 15) is 4.79 Å². The third-order valence-corrected chi connectivity index (χ3v) is 2.82. The molecule has 88 valence electrons. The van der Waals surface area contributed by atoms with E-state index in [-0.39, 0.29) is 11.6 Å². The van der Waals surface area contributed by atoms with Gasteiger partial charge in [0.2, 0.25) is 0 Å². The van der Waals surface area contributed by atoms with Crippen LogP contribution in [0.2, 0.25) is 0 Å². The van der Waals surface area contributed by atoms with Crippen LogP contribution in [0.25, 0.3) is 0 Å². The van der Waals surface area contributed by atoms with Crippen molar-refractivity contribution >= 4 is 5.97 Å². The van der Waals surface area contributed by atoms with E-state index in [2.05, 4.69) is 13.5 Å². The first-order valence-corrected chi connectivity index (χ1v) is 5.98. The van der Waals surface area contributed by atoms with Gasteiger partial charge in [-0.05, 0) is 39.0 Å². The van der Waals surface area contributed by atoms with E-state index in [1.54, 1.807) is 6.92 Å². The first-order chi connectivity index (χ1) is 7.09. The van der Waals surface area contributed by atoms with Gasteiger partial charge in [-0.25, -0.2) is 4.79 Å². The van der Waals surface area contributed by atoms with Gasteiger partial charge in [-0.15, -0.1) is 0 Å². The second-order valence-electron chi connectivity index (χ2n) is 3.91. The van der Waals surface area contributed by atoms with Crippen molar-refractivity contribution in [3.8, 4) is 0 Å². The molecule has 1 fully saturated rings. The highest BCUT2D eigenvalue weighted by molar-refractivity contribution is 5.87. The Morgan fingerprint density at radius 1 is 1.33 bits per heavy atom. The van der Waals surface area contributed by atoms with Crippen molar-refractivity contribution in [3.05, 3.63) is 12.2 Å². The van der Waals surface area contributed by atoms with Gasteiger partial charge in [0.1, 0.15) is 5.60 Å². The first-order valence-electron chi connectivity index (χ1n) is 5.98. The molecule has 0 unspecified atom stereocenters. The lowest BCUT2D eigenvalue weighted by Gasteiger charge is -2.27. The highest BCUT2D eigenvalue weighted by atomic mass is 16.6. The lowest BCUT2D eigenvalue weighted by Crippen LogP contribution is -2.31. The average molecular weight is 212 g/mol. The number of hydrogen-bond donors (Lipinski definition) is 0. The molecule has 0 aliphatic heterocycles. The number of esters is 1. The number of ether oxygens (including phenoxy) is 1. The highest BCUT2D eigenvalue weighted by Gasteiger charge is 2.35. The van der Waals surface area contributed by atoms with Gasteiger partial charge in [0, 0.05) is 5.57 Å². The summed E-state index contributed by atoms with van der Waals surface area (Å²) in [4.78, 5) is 11.3. The fourth-order valence-electron chi connectivity index (χ4n) is 1.83. The van der Waals surface area contributed by atoms with E-state index in [1.165, 1.54) is 12.8 Å². The van der Waals surface area contributed by atoms with Gasteiger partial charge in [-0.1, -0.05) is 27.4 Å². The maximum atomic E-state index is 11.3. The van der Waals surface area contributed by atoms with Crippen molar-refractivity contribution in [3.63, 3.8) is 0 Å². The number of hydrogen-bond acceptors (Lipinski definition) is 2. The van der Waals surface area contributed by atoms with Crippen LogP contribution >= 0.6 is 0 Å². The Morgan fingerprint density at radius 2 is 1.80 bits per heavy atom. The number of carbonyl (C=O) groups is 1. The molecule has 0 bridgehead atoms. The average Bonchev–Trinajstić information content (AvgIpc) is 2.70. The van der Waals surface area contributed by atoms with Crippen LogP contribution in [-0.4, -0.2) is 11.6 Å². The molecule has 0 radical (unpaired) electrons. The lowest BCUT2D eigenvalue weighted by atomic mass is 9.99. The molecule has 0 spiro atoms. The van der Waals surface area contributed by atoms with Gasteiger partial charge in [-0.3, -0.25) is 0 Å². The molecule has 0 heterocycles. The fourth-order valence-corrected chi connectivity index (χ4v) is 1.83. The van der Waals surface area contributed by atoms with Crippen molar-refractivity contribution in [2.24, 2.45) is 0 Å². The van der Waals surface area contributed by atoms with Gasteiger partial charge in [0.05, 0.1) is 0 Å². The zero-order chi connectivity index (χ0) is 11.9. The van der Waals surface area contributed by atoms with Crippen molar-refractivity contribution in [1.29, 1.82) is 0 Å². The van der Waals surface area contributed by atoms with Crippen LogP contribution in [0.5, 0.6) is 0 Å². The maximum absolute atomic E-state index is 11.3. The monoisotopic (exact) mass is 212 g/mol. The summed E-state index contributed by atoms with van der Waals surface area (Å²) < 4.78 is 5.47. The smallest absolute Gasteiger partial charge is 0.333 e. The molecule has 15 heavy (non-hydrogen) atoms. The van der Waals surface area contributed by atoms with Crippen molar-refractivity contribution in [1.82, 2.24) is 0 Å². The van der Waals surface area contributed by atoms with E-state index in [1.807, 2.05) is 13.8 Å². The summed E-state index contributed by atoms with van der Waals surface area (Å²) in [7, 11) is 0. The van der Waals surface area contributed by atoms with Crippen molar-refractivity contribution < 1.29 is 9.53 Å². The zero-order valence-electron chi connectivity index (χ0n) is 10.6. The summed E-state index contributed by atoms with van der Waals surface area (Å²) in [6, 6.07) is 0. The van der Waals surface area contributed by atoms with Crippen LogP contribution in [0.15, 0.2) is 12.2 Å². The molecule has 1 rings (SSSR count). The van der Waals surface area contributed by atoms with Crippen LogP contribution in [-0.2, 0) is 9.53 Å². The molecule has 2 nitrogen and oxygen atoms in total. The van der Waals surface area contributed by atoms with Crippen LogP contribution < -0.4 is 0 Å². The van der Waals surface area contributed by atoms with Gasteiger partial charge in [-0.2, -0.15) is 0 Å². The molecule has 0 aromatic rings. The van der Waals surface area contributed by atoms with Crippen molar-refractivity contribution in [2.75, 3.05) is 0 Å². The Morgan fingerprint density at radius 3 is 2.13 bits per heavy atom. The van der Waals surface area contributed by atoms with E-state index >= 15 is 0 Å². The van der Waals surface area contributed by atoms with E-state index < -0.39 is 0 Å². The Hall–Kier alpha value is -0.790. The third-order valence-electron chi connectivity index (χ3n) is 2.82. The lowest BCUT2D eigenvalue weighted by molar-refractivity contribution is -0.154. The number of carbonyl (C=O) groups excluding carboxylic acids is 1. The van der Waals surface area contributed by atoms with Crippen molar-refractivity contribution in [2.45, 2.75) is 65.4 Å². The predicted octanol–water partition coefficient (Wildman–Crippen LogP) is 3.85. The Labute approximate surface area is 93.7 Å². The molecule has 0 atom stereocenters. The molecule has 1 aliphatic rings. The second kappa shape index (κ2) is 6.65. The largest absolute Gasteiger partial charge is 0.456 e. The van der Waals surface area contributed by atoms with E-state index in [0.717, 1.165) is 19.3 Å². The van der Waals surface area contributed by atoms with Gasteiger partial charge >= 0.3 is 5.97 Å². The van der Waals surface area contributed by atoms with Crippen LogP contribution in [0.3, 0.4) is 0 Å². The fraction of sp³-hybridized carbons (Fsp3) is 0.769. The molecular formula is C13H24O2. The Bertz CT molecular complexity index is 213. The highest BCUT2D eigenvalue weighted by Crippen LogP contribution is 2.36. The van der Waals surface area contributed by atoms with Crippen LogP contribution in [0.4, 0.5) is 0 Å². The molecule has 2 heteroatoms. The molecule has 1 saturated carbocycles. The summed E-state index contributed by atoms with van der Waals surface area (Å²) >= 11 is 0. The first kappa shape index (κ1) is 14.2. The third kappa shape index (κ3) is 4.06. The molecular weight excluding hydrogens is 188 g/mol. The Kier molecular flexibility index (Phi) is 6.30. The Balaban J connectivity index is 0.000000921. The predicted molar refractivity (Wildman–Crippen MR) is 63.7 cm³/mol. The van der Waals surface area contributed by atoms with Gasteiger partial charge < -0.3 is 4.74 Å². The summed E-state index contributed by atoms with van der Waals surface area (Å²) in [5.41, 5.74) is 0.329. The van der Waals surface area contributed by atoms with E-state index in [0.29, 0.717) is 5.57 Å². The summed E-state index contributed by atoms with van der Waals surface area (Å²) in [6.45, 7) is 11.4. The molecule has 0 saturated heterocycles. The number of rotatable bonds is 3. The summed E-state index contributed by atoms with van der Waals surface area (Å²) in [6.07, 6.45) is 5.31. The van der Waals surface area contributed by atoms with Gasteiger partial charge in [0.25, 0.3) is 0 Å². The minimum Gasteiger partial charge on any atom is -0.456 e. The molecule has 0 amide bonds. The standard InChI is InChI=1S/C11H18O2.C2H6/c1-4-11(7-5-6-8-11)13-10(12)9(2)3;1-2/h2,4-8H2,1,3H3;1-2H3. The van der Waals surface area contributed by atoms with Gasteiger partial charge in [0.15, 0.2) is 0 Å². The maximum Gasteiger partial charge on any atom is 0.333 e. The van der Waals surface area contributed by atoms with E-state index in [4.69, 9.17) is 4.74 Å². The summed E-state index contributed by atoms with van der Waals surface area (Å²) in [5.74, 6) is -0.233. The topological polar surface area (TPSA) is 26.3 Å².